The fraction of sp³-hybridized carbons (Fsp3) is 0.444. The number of aryl methyl sites for hydroxylation is 1. The first-order valence-corrected chi connectivity index (χ1v) is 4.74. The van der Waals surface area contributed by atoms with Gasteiger partial charge in [0, 0.05) is 25.4 Å². The fourth-order valence-electron chi connectivity index (χ4n) is 1.04. The van der Waals surface area contributed by atoms with Gasteiger partial charge in [0.2, 0.25) is 5.91 Å². The third kappa shape index (κ3) is 4.09. The largest absolute Gasteiger partial charge is 0.479 e. The summed E-state index contributed by atoms with van der Waals surface area (Å²) in [6.07, 6.45) is 1.95. The van der Waals surface area contributed by atoms with Gasteiger partial charge in [-0.3, -0.25) is 9.48 Å². The Morgan fingerprint density at radius 1 is 1.50 bits per heavy atom. The molecule has 1 aromatic rings. The molecule has 7 nitrogen and oxygen atoms in total. The van der Waals surface area contributed by atoms with Crippen LogP contribution in [-0.4, -0.2) is 44.5 Å². The van der Waals surface area contributed by atoms with Gasteiger partial charge in [-0.05, 0) is 6.07 Å². The number of aromatic nitrogens is 2. The molecule has 0 bridgehead atoms. The van der Waals surface area contributed by atoms with E-state index in [1.807, 2.05) is 0 Å². The van der Waals surface area contributed by atoms with Gasteiger partial charge in [0.1, 0.15) is 0 Å². The predicted molar refractivity (Wildman–Crippen MR) is 53.5 cm³/mol. The van der Waals surface area contributed by atoms with E-state index in [1.165, 1.54) is 0 Å². The highest BCUT2D eigenvalue weighted by molar-refractivity contribution is 5.77. The molecule has 16 heavy (non-hydrogen) atoms. The van der Waals surface area contributed by atoms with Crippen LogP contribution in [-0.2, 0) is 16.1 Å². The van der Waals surface area contributed by atoms with Crippen molar-refractivity contribution < 1.29 is 19.8 Å². The van der Waals surface area contributed by atoms with Crippen LogP contribution in [0.3, 0.4) is 0 Å². The van der Waals surface area contributed by atoms with Crippen molar-refractivity contribution >= 4 is 11.9 Å². The third-order valence-electron chi connectivity index (χ3n) is 1.90. The molecular weight excluding hydrogens is 214 g/mol. The summed E-state index contributed by atoms with van der Waals surface area (Å²) in [5.41, 5.74) is 0. The second-order valence-electron chi connectivity index (χ2n) is 3.18. The van der Waals surface area contributed by atoms with Crippen LogP contribution >= 0.6 is 0 Å². The minimum absolute atomic E-state index is 0.189. The molecule has 0 saturated carbocycles. The first-order chi connectivity index (χ1) is 7.59. The fourth-order valence-corrected chi connectivity index (χ4v) is 1.04. The first kappa shape index (κ1) is 12.2. The Bertz CT molecular complexity index is 350. The zero-order chi connectivity index (χ0) is 12.0. The maximum absolute atomic E-state index is 11.2. The highest BCUT2D eigenvalue weighted by Crippen LogP contribution is 1.89. The highest BCUT2D eigenvalue weighted by Gasteiger charge is 2.13. The van der Waals surface area contributed by atoms with Crippen LogP contribution in [0.5, 0.6) is 0 Å². The Kier molecular flexibility index (Phi) is 4.46. The molecule has 0 saturated heterocycles. The molecule has 88 valence electrons. The molecule has 0 aromatic carbocycles. The number of amides is 1. The number of hydrogen-bond donors (Lipinski definition) is 3. The van der Waals surface area contributed by atoms with Crippen LogP contribution in [0.4, 0.5) is 0 Å². The average Bonchev–Trinajstić information content (AvgIpc) is 2.75. The van der Waals surface area contributed by atoms with E-state index in [4.69, 9.17) is 10.2 Å². The average molecular weight is 227 g/mol. The van der Waals surface area contributed by atoms with Crippen molar-refractivity contribution in [1.82, 2.24) is 15.1 Å². The summed E-state index contributed by atoms with van der Waals surface area (Å²) >= 11 is 0. The molecule has 0 fully saturated rings. The van der Waals surface area contributed by atoms with E-state index < -0.39 is 12.1 Å². The smallest absolute Gasteiger partial charge is 0.334 e. The molecule has 0 aliphatic rings. The second-order valence-corrected chi connectivity index (χ2v) is 3.18. The molecule has 0 radical (unpaired) electrons. The molecule has 7 heteroatoms. The summed E-state index contributed by atoms with van der Waals surface area (Å²) in [5, 5.41) is 23.5. The number of carbonyl (C=O) groups is 2. The SMILES string of the molecule is O=C(CCn1cccn1)NC[C@H](O)C(=O)O. The molecule has 0 aliphatic heterocycles. The van der Waals surface area contributed by atoms with Crippen molar-refractivity contribution in [2.24, 2.45) is 0 Å². The molecule has 0 unspecified atom stereocenters. The van der Waals surface area contributed by atoms with Gasteiger partial charge in [-0.2, -0.15) is 5.10 Å². The summed E-state index contributed by atoms with van der Waals surface area (Å²) < 4.78 is 1.59. The van der Waals surface area contributed by atoms with Crippen molar-refractivity contribution in [1.29, 1.82) is 0 Å². The summed E-state index contributed by atoms with van der Waals surface area (Å²) in [7, 11) is 0. The molecule has 1 atom stereocenters. The number of carbonyl (C=O) groups excluding carboxylic acids is 1. The Labute approximate surface area is 91.7 Å². The number of carboxylic acids is 1. The number of aliphatic hydroxyl groups is 1. The minimum Gasteiger partial charge on any atom is -0.479 e. The third-order valence-corrected chi connectivity index (χ3v) is 1.90. The first-order valence-electron chi connectivity index (χ1n) is 4.74. The van der Waals surface area contributed by atoms with Crippen LogP contribution in [0.1, 0.15) is 6.42 Å². The van der Waals surface area contributed by atoms with Gasteiger partial charge >= 0.3 is 5.97 Å². The van der Waals surface area contributed by atoms with E-state index in [0.29, 0.717) is 6.54 Å². The lowest BCUT2D eigenvalue weighted by atomic mass is 10.3. The van der Waals surface area contributed by atoms with Gasteiger partial charge in [0.25, 0.3) is 0 Å². The van der Waals surface area contributed by atoms with Gasteiger partial charge in [0.05, 0.1) is 6.54 Å². The van der Waals surface area contributed by atoms with Crippen molar-refractivity contribution in [3.05, 3.63) is 18.5 Å². The molecule has 1 aromatic heterocycles. The summed E-state index contributed by atoms with van der Waals surface area (Å²) in [4.78, 5) is 21.5. The Balaban J connectivity index is 2.19. The van der Waals surface area contributed by atoms with E-state index in [1.54, 1.807) is 23.1 Å². The highest BCUT2D eigenvalue weighted by atomic mass is 16.4. The Hall–Kier alpha value is -1.89. The Morgan fingerprint density at radius 3 is 2.81 bits per heavy atom. The topological polar surface area (TPSA) is 104 Å². The van der Waals surface area contributed by atoms with Crippen LogP contribution in [0.2, 0.25) is 0 Å². The van der Waals surface area contributed by atoms with Crippen molar-refractivity contribution in [3.63, 3.8) is 0 Å². The summed E-state index contributed by atoms with van der Waals surface area (Å²) in [6, 6.07) is 1.74. The summed E-state index contributed by atoms with van der Waals surface area (Å²) in [6.45, 7) is 0.134. The van der Waals surface area contributed by atoms with E-state index in [0.717, 1.165) is 0 Å². The van der Waals surface area contributed by atoms with Gasteiger partial charge in [0.15, 0.2) is 6.10 Å². The Morgan fingerprint density at radius 2 is 2.25 bits per heavy atom. The lowest BCUT2D eigenvalue weighted by molar-refractivity contribution is -0.146. The molecular formula is C9H13N3O4. The second kappa shape index (κ2) is 5.86. The van der Waals surface area contributed by atoms with E-state index in [2.05, 4.69) is 10.4 Å². The molecule has 1 amide bonds. The molecule has 1 heterocycles. The van der Waals surface area contributed by atoms with Gasteiger partial charge in [-0.1, -0.05) is 0 Å². The van der Waals surface area contributed by atoms with Crippen molar-refractivity contribution in [2.75, 3.05) is 6.54 Å². The predicted octanol–water partition coefficient (Wildman–Crippen LogP) is -1.17. The number of nitrogens with one attached hydrogen (secondary N) is 1. The van der Waals surface area contributed by atoms with Crippen LogP contribution in [0.25, 0.3) is 0 Å². The maximum Gasteiger partial charge on any atom is 0.334 e. The van der Waals surface area contributed by atoms with Crippen LogP contribution in [0, 0.1) is 0 Å². The maximum atomic E-state index is 11.2. The number of aliphatic carboxylic acids is 1. The van der Waals surface area contributed by atoms with Gasteiger partial charge < -0.3 is 15.5 Å². The summed E-state index contributed by atoms with van der Waals surface area (Å²) in [5.74, 6) is -1.68. The minimum atomic E-state index is -1.56. The van der Waals surface area contributed by atoms with Crippen LogP contribution < -0.4 is 5.32 Å². The monoisotopic (exact) mass is 227 g/mol. The molecule has 1 rings (SSSR count). The lowest BCUT2D eigenvalue weighted by Gasteiger charge is -2.07. The number of carboxylic acid groups (broad SMARTS) is 1. The quantitative estimate of drug-likeness (QED) is 0.568. The lowest BCUT2D eigenvalue weighted by Crippen LogP contribution is -2.36. The van der Waals surface area contributed by atoms with Gasteiger partial charge in [-0.15, -0.1) is 0 Å². The van der Waals surface area contributed by atoms with Gasteiger partial charge in [-0.25, -0.2) is 4.79 Å². The standard InChI is InChI=1S/C9H13N3O4/c13-7(9(15)16)6-10-8(14)2-5-12-4-1-3-11-12/h1,3-4,7,13H,2,5-6H2,(H,10,14)(H,15,16)/t7-/m0/s1. The van der Waals surface area contributed by atoms with E-state index >= 15 is 0 Å². The molecule has 3 N–H and O–H groups in total. The van der Waals surface area contributed by atoms with Crippen LogP contribution in [0.15, 0.2) is 18.5 Å². The van der Waals surface area contributed by atoms with E-state index in [-0.39, 0.29) is 18.9 Å². The van der Waals surface area contributed by atoms with E-state index in [9.17, 15) is 9.59 Å². The number of rotatable bonds is 6. The zero-order valence-electron chi connectivity index (χ0n) is 8.54. The van der Waals surface area contributed by atoms with Crippen molar-refractivity contribution in [3.8, 4) is 0 Å². The number of hydrogen-bond acceptors (Lipinski definition) is 4. The molecule has 0 aliphatic carbocycles. The molecule has 0 spiro atoms. The number of nitrogens with zero attached hydrogens (tertiary/aromatic N) is 2. The number of aliphatic hydroxyl groups excluding tert-OH is 1. The zero-order valence-corrected chi connectivity index (χ0v) is 8.54. The normalized spacial score (nSPS) is 12.1. The van der Waals surface area contributed by atoms with Crippen molar-refractivity contribution in [2.45, 2.75) is 19.1 Å².